The summed E-state index contributed by atoms with van der Waals surface area (Å²) in [7, 11) is 0. The average Bonchev–Trinajstić information content (AvgIpc) is 2.41. The number of nitro benzene ring substituents is 1. The van der Waals surface area contributed by atoms with Crippen molar-refractivity contribution in [1.29, 1.82) is 0 Å². The molecule has 0 saturated carbocycles. The first-order chi connectivity index (χ1) is 9.47. The minimum absolute atomic E-state index is 0.176. The Bertz CT molecular complexity index is 632. The van der Waals surface area contributed by atoms with E-state index < -0.39 is 16.6 Å². The van der Waals surface area contributed by atoms with Crippen LogP contribution in [0.3, 0.4) is 0 Å². The summed E-state index contributed by atoms with van der Waals surface area (Å²) in [5, 5.41) is 13.7. The highest BCUT2D eigenvalue weighted by molar-refractivity contribution is 5.62. The molecule has 1 aromatic carbocycles. The van der Waals surface area contributed by atoms with Crippen molar-refractivity contribution in [1.82, 2.24) is 4.98 Å². The van der Waals surface area contributed by atoms with E-state index in [0.29, 0.717) is 5.69 Å². The fourth-order valence-corrected chi connectivity index (χ4v) is 1.73. The number of rotatable bonds is 4. The quantitative estimate of drug-likeness (QED) is 0.687. The molecule has 20 heavy (non-hydrogen) atoms. The van der Waals surface area contributed by atoms with Crippen molar-refractivity contribution in [2.24, 2.45) is 0 Å². The molecule has 1 atom stereocenters. The van der Waals surface area contributed by atoms with Crippen LogP contribution in [0.25, 0.3) is 0 Å². The fourth-order valence-electron chi connectivity index (χ4n) is 1.73. The molecule has 0 spiro atoms. The highest BCUT2D eigenvalue weighted by Gasteiger charge is 2.17. The van der Waals surface area contributed by atoms with Gasteiger partial charge in [-0.25, -0.2) is 8.78 Å². The second kappa shape index (κ2) is 5.60. The van der Waals surface area contributed by atoms with Crippen molar-refractivity contribution in [3.05, 3.63) is 64.0 Å². The smallest absolute Gasteiger partial charge is 0.295 e. The van der Waals surface area contributed by atoms with Crippen molar-refractivity contribution >= 4 is 11.4 Å². The molecule has 0 bridgehead atoms. The minimum atomic E-state index is -0.685. The lowest BCUT2D eigenvalue weighted by Gasteiger charge is -2.14. The number of pyridine rings is 1. The number of nitrogens with one attached hydrogen (secondary N) is 1. The number of hydrogen-bond donors (Lipinski definition) is 1. The Morgan fingerprint density at radius 3 is 2.55 bits per heavy atom. The number of hydrogen-bond acceptors (Lipinski definition) is 4. The summed E-state index contributed by atoms with van der Waals surface area (Å²) in [6.07, 6.45) is 1.06. The molecule has 0 aliphatic heterocycles. The van der Waals surface area contributed by atoms with Gasteiger partial charge in [0.25, 0.3) is 5.69 Å². The SMILES string of the molecule is CC(Nc1ccc(F)cc1[N+](=O)[O-])c1ccc(F)cn1. The largest absolute Gasteiger partial charge is 0.371 e. The lowest BCUT2D eigenvalue weighted by atomic mass is 10.2. The Balaban J connectivity index is 2.25. The van der Waals surface area contributed by atoms with Crippen LogP contribution in [0.4, 0.5) is 20.2 Å². The standard InChI is InChI=1S/C13H11F2N3O2/c1-8(11-4-3-10(15)7-16-11)17-12-5-2-9(14)6-13(12)18(19)20/h2-8,17H,1H3. The third kappa shape index (κ3) is 3.05. The molecule has 1 aromatic heterocycles. The van der Waals surface area contributed by atoms with Gasteiger partial charge >= 0.3 is 0 Å². The van der Waals surface area contributed by atoms with E-state index in [2.05, 4.69) is 10.3 Å². The van der Waals surface area contributed by atoms with E-state index >= 15 is 0 Å². The number of nitro groups is 1. The van der Waals surface area contributed by atoms with Gasteiger partial charge in [-0.1, -0.05) is 0 Å². The lowest BCUT2D eigenvalue weighted by Crippen LogP contribution is -2.10. The first kappa shape index (κ1) is 13.9. The van der Waals surface area contributed by atoms with Crippen LogP contribution in [-0.4, -0.2) is 9.91 Å². The summed E-state index contributed by atoms with van der Waals surface area (Å²) < 4.78 is 25.8. The summed E-state index contributed by atoms with van der Waals surface area (Å²) in [5.41, 5.74) is 0.332. The Labute approximate surface area is 113 Å². The minimum Gasteiger partial charge on any atom is -0.371 e. The van der Waals surface area contributed by atoms with Crippen LogP contribution >= 0.6 is 0 Å². The molecule has 0 aliphatic rings. The number of anilines is 1. The van der Waals surface area contributed by atoms with Gasteiger partial charge in [0.15, 0.2) is 0 Å². The maximum absolute atomic E-state index is 13.0. The van der Waals surface area contributed by atoms with Gasteiger partial charge < -0.3 is 5.32 Å². The molecule has 7 heteroatoms. The van der Waals surface area contributed by atoms with Gasteiger partial charge in [-0.2, -0.15) is 0 Å². The molecule has 104 valence electrons. The summed E-state index contributed by atoms with van der Waals surface area (Å²) in [6.45, 7) is 1.72. The number of benzene rings is 1. The molecule has 1 N–H and O–H groups in total. The van der Waals surface area contributed by atoms with E-state index in [9.17, 15) is 18.9 Å². The van der Waals surface area contributed by atoms with Crippen LogP contribution in [-0.2, 0) is 0 Å². The molecule has 0 fully saturated rings. The number of nitrogens with zero attached hydrogens (tertiary/aromatic N) is 2. The maximum atomic E-state index is 13.0. The third-order valence-corrected chi connectivity index (χ3v) is 2.72. The number of halogens is 2. The van der Waals surface area contributed by atoms with Crippen molar-refractivity contribution in [2.75, 3.05) is 5.32 Å². The van der Waals surface area contributed by atoms with Gasteiger partial charge in [0.2, 0.25) is 0 Å². The molecule has 2 aromatic rings. The molecule has 0 radical (unpaired) electrons. The van der Waals surface area contributed by atoms with Crippen molar-refractivity contribution in [2.45, 2.75) is 13.0 Å². The highest BCUT2D eigenvalue weighted by Crippen LogP contribution is 2.28. The van der Waals surface area contributed by atoms with E-state index in [-0.39, 0.29) is 17.4 Å². The van der Waals surface area contributed by atoms with Gasteiger partial charge in [0.1, 0.15) is 17.3 Å². The van der Waals surface area contributed by atoms with Gasteiger partial charge in [-0.15, -0.1) is 0 Å². The van der Waals surface area contributed by atoms with Crippen molar-refractivity contribution < 1.29 is 13.7 Å². The molecule has 2 rings (SSSR count). The summed E-state index contributed by atoms with van der Waals surface area (Å²) >= 11 is 0. The number of aromatic nitrogens is 1. The normalized spacial score (nSPS) is 11.9. The topological polar surface area (TPSA) is 68.1 Å². The van der Waals surface area contributed by atoms with Crippen molar-refractivity contribution in [3.8, 4) is 0 Å². The second-order valence-electron chi connectivity index (χ2n) is 4.19. The maximum Gasteiger partial charge on any atom is 0.295 e. The average molecular weight is 279 g/mol. The van der Waals surface area contributed by atoms with Crippen LogP contribution in [0.15, 0.2) is 36.5 Å². The summed E-state index contributed by atoms with van der Waals surface area (Å²) in [5.74, 6) is -1.15. The van der Waals surface area contributed by atoms with Crippen LogP contribution in [0.2, 0.25) is 0 Å². The first-order valence-electron chi connectivity index (χ1n) is 5.79. The van der Waals surface area contributed by atoms with E-state index in [1.807, 2.05) is 0 Å². The molecule has 1 heterocycles. The molecule has 0 aliphatic carbocycles. The van der Waals surface area contributed by atoms with Crippen LogP contribution in [0.1, 0.15) is 18.7 Å². The van der Waals surface area contributed by atoms with E-state index in [1.54, 1.807) is 6.92 Å². The Kier molecular flexibility index (Phi) is 3.88. The fraction of sp³-hybridized carbons (Fsp3) is 0.154. The zero-order valence-corrected chi connectivity index (χ0v) is 10.5. The summed E-state index contributed by atoms with van der Waals surface area (Å²) in [6, 6.07) is 5.59. The second-order valence-corrected chi connectivity index (χ2v) is 4.19. The van der Waals surface area contributed by atoms with Gasteiger partial charge in [0, 0.05) is 0 Å². The zero-order chi connectivity index (χ0) is 14.7. The predicted octanol–water partition coefficient (Wildman–Crippen LogP) is 3.44. The Morgan fingerprint density at radius 1 is 1.25 bits per heavy atom. The molecule has 5 nitrogen and oxygen atoms in total. The third-order valence-electron chi connectivity index (χ3n) is 2.72. The van der Waals surface area contributed by atoms with Crippen molar-refractivity contribution in [3.63, 3.8) is 0 Å². The zero-order valence-electron chi connectivity index (χ0n) is 10.5. The Morgan fingerprint density at radius 2 is 1.95 bits per heavy atom. The lowest BCUT2D eigenvalue weighted by molar-refractivity contribution is -0.384. The monoisotopic (exact) mass is 279 g/mol. The Hall–Kier alpha value is -2.57. The van der Waals surface area contributed by atoms with Gasteiger partial charge in [-0.05, 0) is 31.2 Å². The molecule has 0 amide bonds. The molecular weight excluding hydrogens is 268 g/mol. The summed E-state index contributed by atoms with van der Waals surface area (Å²) in [4.78, 5) is 14.1. The van der Waals surface area contributed by atoms with Gasteiger partial charge in [-0.3, -0.25) is 15.1 Å². The van der Waals surface area contributed by atoms with E-state index in [0.717, 1.165) is 18.3 Å². The van der Waals surface area contributed by atoms with E-state index in [1.165, 1.54) is 18.2 Å². The van der Waals surface area contributed by atoms with Gasteiger partial charge in [0.05, 0.1) is 28.9 Å². The molecular formula is C13H11F2N3O2. The molecule has 1 unspecified atom stereocenters. The molecule has 0 saturated heterocycles. The highest BCUT2D eigenvalue weighted by atomic mass is 19.1. The van der Waals surface area contributed by atoms with Crippen LogP contribution in [0.5, 0.6) is 0 Å². The predicted molar refractivity (Wildman–Crippen MR) is 69.3 cm³/mol. The van der Waals surface area contributed by atoms with Crippen LogP contribution in [0, 0.1) is 21.7 Å². The van der Waals surface area contributed by atoms with Crippen LogP contribution < -0.4 is 5.32 Å². The first-order valence-corrected chi connectivity index (χ1v) is 5.79. The van der Waals surface area contributed by atoms with E-state index in [4.69, 9.17) is 0 Å².